The fourth-order valence-electron chi connectivity index (χ4n) is 6.65. The average Bonchev–Trinajstić information content (AvgIpc) is 3.73. The summed E-state index contributed by atoms with van der Waals surface area (Å²) < 4.78 is 15.1. The minimum absolute atomic E-state index is 0.587. The molecule has 43 heavy (non-hydrogen) atoms. The van der Waals surface area contributed by atoms with Gasteiger partial charge in [0.15, 0.2) is 5.58 Å². The van der Waals surface area contributed by atoms with Crippen LogP contribution < -0.4 is 0 Å². The van der Waals surface area contributed by atoms with Crippen LogP contribution in [0, 0.1) is 0 Å². The number of aromatic nitrogens is 3. The van der Waals surface area contributed by atoms with E-state index in [-0.39, 0.29) is 0 Å². The van der Waals surface area contributed by atoms with Crippen LogP contribution in [0.5, 0.6) is 0 Å². The third kappa shape index (κ3) is 3.11. The molecule has 6 aromatic carbocycles. The lowest BCUT2D eigenvalue weighted by atomic mass is 10.1. The lowest BCUT2D eigenvalue weighted by Gasteiger charge is -2.09. The Kier molecular flexibility index (Phi) is 4.39. The highest BCUT2D eigenvalue weighted by atomic mass is 16.3. The van der Waals surface area contributed by atoms with Gasteiger partial charge in [-0.1, -0.05) is 97.1 Å². The molecule has 5 heteroatoms. The number of hydrogen-bond acceptors (Lipinski definition) is 4. The van der Waals surface area contributed by atoms with Gasteiger partial charge in [0.2, 0.25) is 5.95 Å². The zero-order valence-corrected chi connectivity index (χ0v) is 22.8. The first kappa shape index (κ1) is 22.7. The molecule has 0 spiro atoms. The molecule has 200 valence electrons. The highest BCUT2D eigenvalue weighted by molar-refractivity contribution is 6.18. The molecule has 10 rings (SSSR count). The van der Waals surface area contributed by atoms with Crippen LogP contribution in [-0.4, -0.2) is 14.5 Å². The molecule has 4 aromatic heterocycles. The Morgan fingerprint density at radius 1 is 0.465 bits per heavy atom. The zero-order chi connectivity index (χ0) is 28.1. The van der Waals surface area contributed by atoms with E-state index < -0.39 is 0 Å². The Balaban J connectivity index is 1.36. The molecule has 0 amide bonds. The normalized spacial score (nSPS) is 12.2. The maximum atomic E-state index is 6.64. The van der Waals surface area contributed by atoms with Crippen LogP contribution in [0.25, 0.3) is 93.8 Å². The molecule has 0 bridgehead atoms. The molecule has 0 unspecified atom stereocenters. The van der Waals surface area contributed by atoms with Crippen molar-refractivity contribution in [1.82, 2.24) is 14.5 Å². The summed E-state index contributed by atoms with van der Waals surface area (Å²) in [4.78, 5) is 10.5. The second-order valence-corrected chi connectivity index (χ2v) is 11.0. The minimum Gasteiger partial charge on any atom is -0.456 e. The molecule has 0 saturated carbocycles. The Morgan fingerprint density at radius 3 is 2.14 bits per heavy atom. The van der Waals surface area contributed by atoms with Crippen LogP contribution in [0.15, 0.2) is 136 Å². The van der Waals surface area contributed by atoms with Gasteiger partial charge in [0.25, 0.3) is 0 Å². The largest absolute Gasteiger partial charge is 0.456 e. The Bertz CT molecular complexity index is 2730. The van der Waals surface area contributed by atoms with E-state index in [1.165, 1.54) is 0 Å². The van der Waals surface area contributed by atoms with E-state index in [4.69, 9.17) is 18.8 Å². The van der Waals surface area contributed by atoms with E-state index in [9.17, 15) is 0 Å². The van der Waals surface area contributed by atoms with Gasteiger partial charge in [-0.3, -0.25) is 4.57 Å². The van der Waals surface area contributed by atoms with Gasteiger partial charge in [0.1, 0.15) is 28.0 Å². The predicted molar refractivity (Wildman–Crippen MR) is 174 cm³/mol. The van der Waals surface area contributed by atoms with Crippen LogP contribution in [-0.2, 0) is 0 Å². The number of benzene rings is 6. The first-order valence-electron chi connectivity index (χ1n) is 14.3. The van der Waals surface area contributed by atoms with Crippen molar-refractivity contribution in [3.8, 4) is 17.2 Å². The predicted octanol–water partition coefficient (Wildman–Crippen LogP) is 10.2. The van der Waals surface area contributed by atoms with E-state index >= 15 is 0 Å². The van der Waals surface area contributed by atoms with Crippen LogP contribution in [0.1, 0.15) is 0 Å². The van der Waals surface area contributed by atoms with Gasteiger partial charge in [-0.15, -0.1) is 0 Å². The lowest BCUT2D eigenvalue weighted by Crippen LogP contribution is -2.02. The second kappa shape index (κ2) is 8.30. The van der Waals surface area contributed by atoms with Gasteiger partial charge in [-0.05, 0) is 29.7 Å². The smallest absolute Gasteiger partial charge is 0.236 e. The quantitative estimate of drug-likeness (QED) is 0.214. The molecule has 10 aromatic rings. The first-order valence-corrected chi connectivity index (χ1v) is 14.3. The van der Waals surface area contributed by atoms with Gasteiger partial charge < -0.3 is 8.83 Å². The molecule has 0 saturated heterocycles. The van der Waals surface area contributed by atoms with E-state index in [0.29, 0.717) is 11.5 Å². The number of rotatable bonds is 2. The Hall–Kier alpha value is -5.94. The minimum atomic E-state index is 0.587. The summed E-state index contributed by atoms with van der Waals surface area (Å²) in [6.45, 7) is 0. The summed E-state index contributed by atoms with van der Waals surface area (Å²) in [5.74, 6) is 0.587. The van der Waals surface area contributed by atoms with Crippen LogP contribution in [0.3, 0.4) is 0 Å². The molecule has 0 N–H and O–H groups in total. The fraction of sp³-hybridized carbons (Fsp3) is 0. The fourth-order valence-corrected chi connectivity index (χ4v) is 6.65. The summed E-state index contributed by atoms with van der Waals surface area (Å²) in [7, 11) is 0. The van der Waals surface area contributed by atoms with E-state index in [2.05, 4.69) is 89.5 Å². The summed E-state index contributed by atoms with van der Waals surface area (Å²) in [5, 5.41) is 7.62. The van der Waals surface area contributed by atoms with E-state index in [1.807, 2.05) is 42.5 Å². The molecule has 5 nitrogen and oxygen atoms in total. The monoisotopic (exact) mass is 551 g/mol. The summed E-state index contributed by atoms with van der Waals surface area (Å²) in [6.07, 6.45) is 0. The van der Waals surface area contributed by atoms with Crippen LogP contribution >= 0.6 is 0 Å². The van der Waals surface area contributed by atoms with E-state index in [1.54, 1.807) is 0 Å². The number of fused-ring (bicyclic) bond motifs is 11. The molecule has 0 aliphatic heterocycles. The third-order valence-electron chi connectivity index (χ3n) is 8.61. The average molecular weight is 552 g/mol. The van der Waals surface area contributed by atoms with Gasteiger partial charge in [0, 0.05) is 43.9 Å². The van der Waals surface area contributed by atoms with Gasteiger partial charge in [0.05, 0.1) is 11.0 Å². The third-order valence-corrected chi connectivity index (χ3v) is 8.61. The molecule has 0 aliphatic rings. The number of para-hydroxylation sites is 2. The molecular weight excluding hydrogens is 530 g/mol. The summed E-state index contributed by atoms with van der Waals surface area (Å²) >= 11 is 0. The van der Waals surface area contributed by atoms with Crippen molar-refractivity contribution in [2.75, 3.05) is 0 Å². The molecule has 0 atom stereocenters. The second-order valence-electron chi connectivity index (χ2n) is 11.0. The molecule has 0 aliphatic carbocycles. The van der Waals surface area contributed by atoms with Crippen LogP contribution in [0.4, 0.5) is 0 Å². The topological polar surface area (TPSA) is 57.0 Å². The lowest BCUT2D eigenvalue weighted by molar-refractivity contribution is 0.668. The van der Waals surface area contributed by atoms with Crippen molar-refractivity contribution in [1.29, 1.82) is 0 Å². The molecule has 4 heterocycles. The molecule has 0 radical (unpaired) electrons. The maximum Gasteiger partial charge on any atom is 0.236 e. The number of furan rings is 2. The number of hydrogen-bond donors (Lipinski definition) is 0. The van der Waals surface area contributed by atoms with Crippen molar-refractivity contribution < 1.29 is 8.83 Å². The van der Waals surface area contributed by atoms with Crippen molar-refractivity contribution in [2.45, 2.75) is 0 Å². The van der Waals surface area contributed by atoms with Crippen molar-refractivity contribution in [3.05, 3.63) is 127 Å². The van der Waals surface area contributed by atoms with Gasteiger partial charge >= 0.3 is 0 Å². The summed E-state index contributed by atoms with van der Waals surface area (Å²) in [6, 6.07) is 43.7. The Morgan fingerprint density at radius 2 is 1.23 bits per heavy atom. The highest BCUT2D eigenvalue weighted by Gasteiger charge is 2.22. The van der Waals surface area contributed by atoms with Crippen molar-refractivity contribution >= 4 is 76.6 Å². The van der Waals surface area contributed by atoms with Gasteiger partial charge in [-0.25, -0.2) is 9.97 Å². The van der Waals surface area contributed by atoms with Crippen LogP contribution in [0.2, 0.25) is 0 Å². The molecular formula is C38H21N3O2. The van der Waals surface area contributed by atoms with E-state index in [0.717, 1.165) is 82.3 Å². The summed E-state index contributed by atoms with van der Waals surface area (Å²) in [5.41, 5.74) is 7.77. The highest BCUT2D eigenvalue weighted by Crippen LogP contribution is 2.41. The zero-order valence-electron chi connectivity index (χ0n) is 22.8. The first-order chi connectivity index (χ1) is 21.3. The van der Waals surface area contributed by atoms with Crippen molar-refractivity contribution in [2.24, 2.45) is 0 Å². The Labute approximate surface area is 244 Å². The van der Waals surface area contributed by atoms with Gasteiger partial charge in [-0.2, -0.15) is 0 Å². The molecule has 0 fully saturated rings. The maximum absolute atomic E-state index is 6.64. The number of nitrogens with zero attached hydrogens (tertiary/aromatic N) is 3. The standard InChI is InChI=1S/C38H21N3O2/c1-2-11-23(12-3-1)34-37-35(27-19-18-22-10-4-5-13-24(22)36(27)43-37)40-38(39-34)41-30-16-8-6-14-25(30)28-20-29-26-15-7-9-17-32(26)42-33(29)21-31(28)41/h1-21H. The van der Waals surface area contributed by atoms with Crippen molar-refractivity contribution in [3.63, 3.8) is 0 Å². The SMILES string of the molecule is c1ccc(-c2nc(-n3c4ccccc4c4cc5c(cc43)oc3ccccc35)nc3c2oc2c4ccccc4ccc32)cc1.